The van der Waals surface area contributed by atoms with Gasteiger partial charge in [-0.15, -0.1) is 0 Å². The number of carbonyl (C=O) groups is 1. The summed E-state index contributed by atoms with van der Waals surface area (Å²) in [7, 11) is 0. The number of hydrogen-bond donors (Lipinski definition) is 0. The number of Topliss-reactive ketones (excluding diaryl/α,β-unsaturated/α-hetero) is 1. The molecular formula is C8H16O2S. The molecule has 0 fully saturated rings. The van der Waals surface area contributed by atoms with E-state index in [0.717, 1.165) is 25.0 Å². The Bertz CT molecular complexity index is 113. The number of ketones is 1. The predicted octanol–water partition coefficient (Wildman–Crippen LogP) is 1.51. The average molecular weight is 176 g/mol. The second kappa shape index (κ2) is 6.68. The molecule has 0 aromatic rings. The van der Waals surface area contributed by atoms with E-state index >= 15 is 0 Å². The molecule has 0 radical (unpaired) electrons. The number of rotatable bonds is 6. The van der Waals surface area contributed by atoms with Crippen molar-refractivity contribution in [3.8, 4) is 0 Å². The van der Waals surface area contributed by atoms with Crippen LogP contribution in [-0.2, 0) is 16.0 Å². The van der Waals surface area contributed by atoms with Crippen molar-refractivity contribution in [1.29, 1.82) is 0 Å². The van der Waals surface area contributed by atoms with Gasteiger partial charge in [0.2, 0.25) is 0 Å². The van der Waals surface area contributed by atoms with E-state index in [9.17, 15) is 9.35 Å². The molecule has 0 aliphatic carbocycles. The Balaban J connectivity index is 2.97. The minimum absolute atomic E-state index is 0.252. The van der Waals surface area contributed by atoms with E-state index in [1.54, 1.807) is 13.2 Å². The van der Waals surface area contributed by atoms with E-state index in [1.807, 2.05) is 0 Å². The Morgan fingerprint density at radius 2 is 2.00 bits per heavy atom. The minimum atomic E-state index is -0.665. The molecule has 0 aromatic heterocycles. The first kappa shape index (κ1) is 11.0. The van der Waals surface area contributed by atoms with E-state index < -0.39 is 11.2 Å². The summed E-state index contributed by atoms with van der Waals surface area (Å²) in [6, 6.07) is 0. The lowest BCUT2D eigenvalue weighted by atomic mass is 10.2. The fourth-order valence-corrected chi connectivity index (χ4v) is 1.47. The van der Waals surface area contributed by atoms with Gasteiger partial charge in [-0.3, -0.25) is 0 Å². The van der Waals surface area contributed by atoms with Crippen molar-refractivity contribution in [3.05, 3.63) is 0 Å². The summed E-state index contributed by atoms with van der Waals surface area (Å²) in [5.41, 5.74) is 0. The first-order chi connectivity index (χ1) is 5.13. The Kier molecular flexibility index (Phi) is 6.66. The fraction of sp³-hybridized carbons (Fsp3) is 0.875. The van der Waals surface area contributed by atoms with Gasteiger partial charge in [0.1, 0.15) is 11.5 Å². The molecule has 1 unspecified atom stereocenters. The summed E-state index contributed by atoms with van der Waals surface area (Å²) in [4.78, 5) is 10.5. The van der Waals surface area contributed by atoms with Crippen LogP contribution in [0.5, 0.6) is 0 Å². The van der Waals surface area contributed by atoms with Gasteiger partial charge in [0.15, 0.2) is 0 Å². The lowest BCUT2D eigenvalue weighted by Gasteiger charge is -2.03. The fourth-order valence-electron chi connectivity index (χ4n) is 0.856. The highest BCUT2D eigenvalue weighted by Crippen LogP contribution is 2.01. The molecule has 0 amide bonds. The van der Waals surface area contributed by atoms with Gasteiger partial charge < -0.3 is 9.35 Å². The largest absolute Gasteiger partial charge is 0.617 e. The Morgan fingerprint density at radius 3 is 2.45 bits per heavy atom. The van der Waals surface area contributed by atoms with Gasteiger partial charge >= 0.3 is 0 Å². The van der Waals surface area contributed by atoms with Gasteiger partial charge in [-0.05, 0) is 26.2 Å². The molecular weight excluding hydrogens is 160 g/mol. The smallest absolute Gasteiger partial charge is 0.129 e. The quantitative estimate of drug-likeness (QED) is 0.454. The molecule has 0 aromatic carbocycles. The molecule has 0 heterocycles. The van der Waals surface area contributed by atoms with E-state index in [4.69, 9.17) is 0 Å². The average Bonchev–Trinajstić information content (AvgIpc) is 1.85. The molecule has 0 saturated heterocycles. The van der Waals surface area contributed by atoms with Crippen molar-refractivity contribution in [3.63, 3.8) is 0 Å². The van der Waals surface area contributed by atoms with Crippen LogP contribution < -0.4 is 0 Å². The SMILES string of the molecule is CC(=O)CCCCC[S+](C)[O-]. The zero-order chi connectivity index (χ0) is 8.69. The molecule has 66 valence electrons. The van der Waals surface area contributed by atoms with Gasteiger partial charge in [0.05, 0.1) is 6.26 Å². The summed E-state index contributed by atoms with van der Waals surface area (Å²) in [6.45, 7) is 1.61. The van der Waals surface area contributed by atoms with Crippen LogP contribution >= 0.6 is 0 Å². The van der Waals surface area contributed by atoms with Crippen molar-refractivity contribution >= 4 is 17.0 Å². The maximum absolute atomic E-state index is 10.6. The first-order valence-electron chi connectivity index (χ1n) is 3.92. The molecule has 0 saturated carbocycles. The van der Waals surface area contributed by atoms with Crippen molar-refractivity contribution in [2.24, 2.45) is 0 Å². The third-order valence-corrected chi connectivity index (χ3v) is 2.32. The molecule has 0 rings (SSSR count). The lowest BCUT2D eigenvalue weighted by Crippen LogP contribution is -2.02. The van der Waals surface area contributed by atoms with E-state index in [0.29, 0.717) is 6.42 Å². The molecule has 3 heteroatoms. The summed E-state index contributed by atoms with van der Waals surface area (Å²) in [5.74, 6) is 1.03. The van der Waals surface area contributed by atoms with Gasteiger partial charge in [-0.25, -0.2) is 0 Å². The Morgan fingerprint density at radius 1 is 1.36 bits per heavy atom. The number of unbranched alkanes of at least 4 members (excludes halogenated alkanes) is 2. The first-order valence-corrected chi connectivity index (χ1v) is 5.65. The van der Waals surface area contributed by atoms with Crippen LogP contribution in [0.15, 0.2) is 0 Å². The summed E-state index contributed by atoms with van der Waals surface area (Å²) in [5, 5.41) is 0. The normalized spacial score (nSPS) is 13.0. The van der Waals surface area contributed by atoms with Crippen LogP contribution in [0.4, 0.5) is 0 Å². The maximum Gasteiger partial charge on any atom is 0.129 e. The van der Waals surface area contributed by atoms with Crippen LogP contribution in [0.1, 0.15) is 32.6 Å². The van der Waals surface area contributed by atoms with E-state index in [-0.39, 0.29) is 5.78 Å². The second-order valence-corrected chi connectivity index (χ2v) is 4.34. The third kappa shape index (κ3) is 9.98. The topological polar surface area (TPSA) is 40.1 Å². The molecule has 0 N–H and O–H groups in total. The molecule has 1 atom stereocenters. The zero-order valence-electron chi connectivity index (χ0n) is 7.26. The molecule has 0 bridgehead atoms. The summed E-state index contributed by atoms with van der Waals surface area (Å²) >= 11 is -0.665. The summed E-state index contributed by atoms with van der Waals surface area (Å²) in [6.07, 6.45) is 5.35. The molecule has 2 nitrogen and oxygen atoms in total. The Labute approximate surface area is 71.5 Å². The van der Waals surface area contributed by atoms with Gasteiger partial charge in [0.25, 0.3) is 0 Å². The van der Waals surface area contributed by atoms with Crippen LogP contribution in [0.25, 0.3) is 0 Å². The molecule has 0 spiro atoms. The minimum Gasteiger partial charge on any atom is -0.617 e. The maximum atomic E-state index is 10.6. The van der Waals surface area contributed by atoms with Gasteiger partial charge in [-0.2, -0.15) is 0 Å². The van der Waals surface area contributed by atoms with Crippen molar-refractivity contribution < 1.29 is 9.35 Å². The molecule has 11 heavy (non-hydrogen) atoms. The second-order valence-electron chi connectivity index (χ2n) is 2.79. The third-order valence-electron chi connectivity index (χ3n) is 1.46. The Hall–Kier alpha value is -0.0200. The number of hydrogen-bond acceptors (Lipinski definition) is 2. The highest BCUT2D eigenvalue weighted by molar-refractivity contribution is 7.90. The van der Waals surface area contributed by atoms with Gasteiger partial charge in [0, 0.05) is 6.42 Å². The predicted molar refractivity (Wildman–Crippen MR) is 48.1 cm³/mol. The highest BCUT2D eigenvalue weighted by Gasteiger charge is 1.97. The standard InChI is InChI=1S/C8H16O2S/c1-8(9)6-4-3-5-7-11(2)10/h3-7H2,1-2H3. The van der Waals surface area contributed by atoms with E-state index in [1.165, 1.54) is 0 Å². The van der Waals surface area contributed by atoms with Crippen LogP contribution in [0.2, 0.25) is 0 Å². The molecule has 0 aliphatic rings. The van der Waals surface area contributed by atoms with Gasteiger partial charge in [-0.1, -0.05) is 11.2 Å². The van der Waals surface area contributed by atoms with Crippen molar-refractivity contribution in [2.45, 2.75) is 32.6 Å². The van der Waals surface area contributed by atoms with Crippen LogP contribution in [-0.4, -0.2) is 22.3 Å². The zero-order valence-corrected chi connectivity index (χ0v) is 8.08. The van der Waals surface area contributed by atoms with Crippen LogP contribution in [0, 0.1) is 0 Å². The van der Waals surface area contributed by atoms with Crippen molar-refractivity contribution in [1.82, 2.24) is 0 Å². The molecule has 0 aliphatic heterocycles. The van der Waals surface area contributed by atoms with Crippen molar-refractivity contribution in [2.75, 3.05) is 12.0 Å². The number of carbonyl (C=O) groups excluding carboxylic acids is 1. The lowest BCUT2D eigenvalue weighted by molar-refractivity contribution is -0.117. The highest BCUT2D eigenvalue weighted by atomic mass is 32.2. The van der Waals surface area contributed by atoms with Crippen LogP contribution in [0.3, 0.4) is 0 Å². The summed E-state index contributed by atoms with van der Waals surface area (Å²) < 4.78 is 10.6. The van der Waals surface area contributed by atoms with E-state index in [2.05, 4.69) is 0 Å². The monoisotopic (exact) mass is 176 g/mol.